The molecule has 0 aromatic carbocycles. The second kappa shape index (κ2) is 3.53. The van der Waals surface area contributed by atoms with Gasteiger partial charge < -0.3 is 10.4 Å². The fourth-order valence-electron chi connectivity index (χ4n) is 1.34. The van der Waals surface area contributed by atoms with Crippen LogP contribution in [0.2, 0.25) is 0 Å². The van der Waals surface area contributed by atoms with E-state index in [2.05, 4.69) is 11.9 Å². The topological polar surface area (TPSA) is 49.3 Å². The Morgan fingerprint density at radius 3 is 2.91 bits per heavy atom. The van der Waals surface area contributed by atoms with Crippen LogP contribution in [0.15, 0.2) is 12.2 Å². The zero-order chi connectivity index (χ0) is 8.27. The summed E-state index contributed by atoms with van der Waals surface area (Å²) in [6.45, 7) is 5.64. The van der Waals surface area contributed by atoms with Crippen LogP contribution in [0.1, 0.15) is 12.8 Å². The molecule has 0 amide bonds. The maximum absolute atomic E-state index is 10.3. The molecule has 3 nitrogen and oxygen atoms in total. The van der Waals surface area contributed by atoms with Gasteiger partial charge in [0.2, 0.25) is 0 Å². The van der Waals surface area contributed by atoms with Crippen molar-refractivity contribution in [3.8, 4) is 0 Å². The second-order valence-electron chi connectivity index (χ2n) is 2.92. The lowest BCUT2D eigenvalue weighted by atomic mass is 9.97. The Labute approximate surface area is 66.1 Å². The van der Waals surface area contributed by atoms with Crippen molar-refractivity contribution >= 4 is 5.97 Å². The first-order valence-electron chi connectivity index (χ1n) is 3.80. The number of aliphatic carboxylic acids is 1. The van der Waals surface area contributed by atoms with Gasteiger partial charge in [-0.2, -0.15) is 0 Å². The van der Waals surface area contributed by atoms with Gasteiger partial charge in [-0.1, -0.05) is 12.2 Å². The lowest BCUT2D eigenvalue weighted by Gasteiger charge is -2.08. The summed E-state index contributed by atoms with van der Waals surface area (Å²) >= 11 is 0. The van der Waals surface area contributed by atoms with Crippen LogP contribution >= 0.6 is 0 Å². The van der Waals surface area contributed by atoms with Crippen LogP contribution in [-0.2, 0) is 4.79 Å². The summed E-state index contributed by atoms with van der Waals surface area (Å²) in [4.78, 5) is 10.3. The minimum atomic E-state index is -0.776. The van der Waals surface area contributed by atoms with E-state index in [9.17, 15) is 4.79 Å². The van der Waals surface area contributed by atoms with Gasteiger partial charge in [-0.15, -0.1) is 0 Å². The average molecular weight is 155 g/mol. The second-order valence-corrected chi connectivity index (χ2v) is 2.92. The van der Waals surface area contributed by atoms with Gasteiger partial charge in [-0.25, -0.2) is 0 Å². The summed E-state index contributed by atoms with van der Waals surface area (Å²) < 4.78 is 0. The predicted octanol–water partition coefficient (Wildman–Crippen LogP) is 0.627. The number of rotatable bonds is 3. The van der Waals surface area contributed by atoms with Gasteiger partial charge in [-0.05, 0) is 18.9 Å². The summed E-state index contributed by atoms with van der Waals surface area (Å²) in [6, 6.07) is 0. The molecule has 1 fully saturated rings. The molecule has 1 aliphatic heterocycles. The molecular formula is C8H13NO2. The normalized spacial score (nSPS) is 23.5. The van der Waals surface area contributed by atoms with Crippen LogP contribution < -0.4 is 5.32 Å². The third-order valence-electron chi connectivity index (χ3n) is 2.02. The van der Waals surface area contributed by atoms with E-state index in [1.807, 2.05) is 0 Å². The van der Waals surface area contributed by atoms with Crippen molar-refractivity contribution in [2.24, 2.45) is 5.92 Å². The molecule has 0 aromatic rings. The molecule has 11 heavy (non-hydrogen) atoms. The monoisotopic (exact) mass is 155 g/mol. The molecule has 3 heteroatoms. The smallest absolute Gasteiger partial charge is 0.307 e. The molecule has 1 aliphatic rings. The molecule has 0 saturated carbocycles. The van der Waals surface area contributed by atoms with Gasteiger partial charge in [0.05, 0.1) is 6.42 Å². The van der Waals surface area contributed by atoms with Crippen molar-refractivity contribution in [1.82, 2.24) is 5.32 Å². The van der Waals surface area contributed by atoms with E-state index in [4.69, 9.17) is 5.11 Å². The Morgan fingerprint density at radius 1 is 1.73 bits per heavy atom. The van der Waals surface area contributed by atoms with E-state index in [1.54, 1.807) is 0 Å². The number of nitrogens with one attached hydrogen (secondary N) is 1. The summed E-state index contributed by atoms with van der Waals surface area (Å²) in [5, 5.41) is 11.6. The number of carboxylic acid groups (broad SMARTS) is 1. The van der Waals surface area contributed by atoms with Gasteiger partial charge in [0, 0.05) is 6.54 Å². The maximum Gasteiger partial charge on any atom is 0.307 e. The molecule has 62 valence electrons. The van der Waals surface area contributed by atoms with Gasteiger partial charge in [0.25, 0.3) is 0 Å². The first-order chi connectivity index (χ1) is 5.20. The molecular weight excluding hydrogens is 142 g/mol. The summed E-state index contributed by atoms with van der Waals surface area (Å²) in [6.07, 6.45) is 1.15. The Kier molecular flexibility index (Phi) is 2.65. The number of hydrogen-bond acceptors (Lipinski definition) is 2. The maximum atomic E-state index is 10.3. The zero-order valence-corrected chi connectivity index (χ0v) is 6.47. The number of hydrogen-bond donors (Lipinski definition) is 2. The van der Waals surface area contributed by atoms with Crippen LogP contribution in [0.4, 0.5) is 0 Å². The highest BCUT2D eigenvalue weighted by Crippen LogP contribution is 2.18. The Balaban J connectivity index is 2.34. The molecule has 1 atom stereocenters. The summed E-state index contributed by atoms with van der Waals surface area (Å²) in [7, 11) is 0. The molecule has 1 heterocycles. The van der Waals surface area contributed by atoms with Crippen LogP contribution in [-0.4, -0.2) is 24.2 Å². The van der Waals surface area contributed by atoms with Gasteiger partial charge in [0.1, 0.15) is 0 Å². The number of carboxylic acids is 1. The minimum Gasteiger partial charge on any atom is -0.481 e. The third-order valence-corrected chi connectivity index (χ3v) is 2.02. The van der Waals surface area contributed by atoms with Crippen LogP contribution in [0.25, 0.3) is 0 Å². The van der Waals surface area contributed by atoms with Crippen molar-refractivity contribution in [3.63, 3.8) is 0 Å². The Hall–Kier alpha value is -0.830. The molecule has 2 N–H and O–H groups in total. The van der Waals surface area contributed by atoms with Gasteiger partial charge >= 0.3 is 5.97 Å². The lowest BCUT2D eigenvalue weighted by molar-refractivity contribution is -0.136. The first-order valence-corrected chi connectivity index (χ1v) is 3.80. The summed E-state index contributed by atoms with van der Waals surface area (Å²) in [5.41, 5.74) is 0.850. The van der Waals surface area contributed by atoms with Gasteiger partial charge in [-0.3, -0.25) is 4.79 Å². The Morgan fingerprint density at radius 2 is 2.45 bits per heavy atom. The highest BCUT2D eigenvalue weighted by atomic mass is 16.4. The highest BCUT2D eigenvalue weighted by Gasteiger charge is 2.18. The molecule has 0 aromatic heterocycles. The van der Waals surface area contributed by atoms with E-state index in [0.717, 1.165) is 25.1 Å². The molecule has 1 rings (SSSR count). The summed E-state index contributed by atoms with van der Waals surface area (Å²) in [5.74, 6) is -0.395. The largest absolute Gasteiger partial charge is 0.481 e. The van der Waals surface area contributed by atoms with Crippen molar-refractivity contribution < 1.29 is 9.90 Å². The van der Waals surface area contributed by atoms with E-state index < -0.39 is 5.97 Å². The van der Waals surface area contributed by atoms with Crippen LogP contribution in [0.3, 0.4) is 0 Å². The van der Waals surface area contributed by atoms with Crippen molar-refractivity contribution in [2.75, 3.05) is 13.1 Å². The van der Waals surface area contributed by atoms with E-state index >= 15 is 0 Å². The molecule has 0 aliphatic carbocycles. The minimum absolute atomic E-state index is 0.117. The zero-order valence-electron chi connectivity index (χ0n) is 6.47. The van der Waals surface area contributed by atoms with Crippen LogP contribution in [0, 0.1) is 5.92 Å². The van der Waals surface area contributed by atoms with Crippen LogP contribution in [0.5, 0.6) is 0 Å². The fraction of sp³-hybridized carbons (Fsp3) is 0.625. The molecule has 0 radical (unpaired) electrons. The quantitative estimate of drug-likeness (QED) is 0.587. The fourth-order valence-corrected chi connectivity index (χ4v) is 1.34. The highest BCUT2D eigenvalue weighted by molar-refractivity contribution is 5.69. The van der Waals surface area contributed by atoms with Crippen molar-refractivity contribution in [3.05, 3.63) is 12.2 Å². The van der Waals surface area contributed by atoms with E-state index in [-0.39, 0.29) is 6.42 Å². The molecule has 0 spiro atoms. The van der Waals surface area contributed by atoms with Crippen molar-refractivity contribution in [1.29, 1.82) is 0 Å². The SMILES string of the molecule is C=C(CC(=O)O)C1CCNC1. The Bertz CT molecular complexity index is 171. The number of carbonyl (C=O) groups is 1. The molecule has 1 unspecified atom stereocenters. The van der Waals surface area contributed by atoms with Gasteiger partial charge in [0.15, 0.2) is 0 Å². The molecule has 1 saturated heterocycles. The lowest BCUT2D eigenvalue weighted by Crippen LogP contribution is -2.12. The first kappa shape index (κ1) is 8.27. The van der Waals surface area contributed by atoms with E-state index in [0.29, 0.717) is 5.92 Å². The third kappa shape index (κ3) is 2.35. The molecule has 0 bridgehead atoms. The predicted molar refractivity (Wildman–Crippen MR) is 42.4 cm³/mol. The van der Waals surface area contributed by atoms with E-state index in [1.165, 1.54) is 0 Å². The average Bonchev–Trinajstić information content (AvgIpc) is 2.35. The standard InChI is InChI=1S/C8H13NO2/c1-6(4-8(10)11)7-2-3-9-5-7/h7,9H,1-5H2,(H,10,11). The van der Waals surface area contributed by atoms with Crippen molar-refractivity contribution in [2.45, 2.75) is 12.8 Å².